The van der Waals surface area contributed by atoms with Gasteiger partial charge >= 0.3 is 0 Å². The number of thiophene rings is 1. The summed E-state index contributed by atoms with van der Waals surface area (Å²) >= 11 is 1.65. The Morgan fingerprint density at radius 1 is 1.24 bits per heavy atom. The van der Waals surface area contributed by atoms with Crippen molar-refractivity contribution >= 4 is 21.6 Å². The summed E-state index contributed by atoms with van der Waals surface area (Å²) in [5, 5.41) is 5.24. The molecule has 5 heteroatoms. The van der Waals surface area contributed by atoms with Crippen LogP contribution in [-0.4, -0.2) is 4.98 Å². The largest absolute Gasteiger partial charge is 0.306 e. The number of hydrogen-bond donors (Lipinski definition) is 1. The molecule has 1 unspecified atom stereocenters. The lowest BCUT2D eigenvalue weighted by molar-refractivity contribution is 0.533. The number of benzene rings is 1. The van der Waals surface area contributed by atoms with Crippen LogP contribution in [0, 0.1) is 11.6 Å². The zero-order chi connectivity index (χ0) is 14.8. The second-order valence-electron chi connectivity index (χ2n) is 4.91. The Balaban J connectivity index is 1.72. The summed E-state index contributed by atoms with van der Waals surface area (Å²) in [5.74, 6) is -1.09. The topological polar surface area (TPSA) is 24.9 Å². The first-order valence-electron chi connectivity index (χ1n) is 6.64. The second kappa shape index (κ2) is 5.87. The average Bonchev–Trinajstić information content (AvgIpc) is 2.93. The fraction of sp³-hybridized carbons (Fsp3) is 0.188. The summed E-state index contributed by atoms with van der Waals surface area (Å²) in [7, 11) is 0. The lowest BCUT2D eigenvalue weighted by atomic mass is 10.1. The third-order valence-corrected chi connectivity index (χ3v) is 4.29. The van der Waals surface area contributed by atoms with Crippen LogP contribution in [0.15, 0.2) is 41.9 Å². The van der Waals surface area contributed by atoms with Gasteiger partial charge < -0.3 is 5.32 Å². The summed E-state index contributed by atoms with van der Waals surface area (Å²) < 4.78 is 27.6. The van der Waals surface area contributed by atoms with Gasteiger partial charge in [0.2, 0.25) is 0 Å². The van der Waals surface area contributed by atoms with Gasteiger partial charge in [-0.3, -0.25) is 4.98 Å². The number of fused-ring (bicyclic) bond motifs is 1. The molecule has 0 spiro atoms. The normalized spacial score (nSPS) is 12.7. The minimum Gasteiger partial charge on any atom is -0.306 e. The summed E-state index contributed by atoms with van der Waals surface area (Å²) in [5.41, 5.74) is 2.49. The van der Waals surface area contributed by atoms with Crippen LogP contribution >= 0.6 is 11.3 Å². The Kier molecular flexibility index (Phi) is 3.94. The maximum atomic E-state index is 13.6. The van der Waals surface area contributed by atoms with E-state index in [0.29, 0.717) is 12.1 Å². The van der Waals surface area contributed by atoms with Crippen LogP contribution in [0.2, 0.25) is 0 Å². The molecular weight excluding hydrogens is 290 g/mol. The standard InChI is InChI=1S/C16H14F2N2S/c1-10(12-6-16-15(20-9-12)4-5-21-16)19-8-11-2-3-13(17)7-14(11)18/h2-7,9-10,19H,8H2,1H3. The average molecular weight is 304 g/mol. The van der Waals surface area contributed by atoms with Crippen LogP contribution in [0.25, 0.3) is 10.2 Å². The third-order valence-electron chi connectivity index (χ3n) is 3.44. The zero-order valence-electron chi connectivity index (χ0n) is 11.4. The van der Waals surface area contributed by atoms with E-state index in [9.17, 15) is 8.78 Å². The van der Waals surface area contributed by atoms with E-state index in [1.54, 1.807) is 11.3 Å². The van der Waals surface area contributed by atoms with Crippen LogP contribution in [-0.2, 0) is 6.54 Å². The van der Waals surface area contributed by atoms with Crippen molar-refractivity contribution in [2.45, 2.75) is 19.5 Å². The summed E-state index contributed by atoms with van der Waals surface area (Å²) in [4.78, 5) is 4.39. The molecule has 2 nitrogen and oxygen atoms in total. The van der Waals surface area contributed by atoms with Crippen molar-refractivity contribution in [1.82, 2.24) is 10.3 Å². The van der Waals surface area contributed by atoms with Crippen molar-refractivity contribution in [2.24, 2.45) is 0 Å². The maximum Gasteiger partial charge on any atom is 0.130 e. The van der Waals surface area contributed by atoms with Crippen molar-refractivity contribution in [3.05, 3.63) is 64.7 Å². The predicted octanol–water partition coefficient (Wildman–Crippen LogP) is 4.43. The van der Waals surface area contributed by atoms with E-state index in [4.69, 9.17) is 0 Å². The Morgan fingerprint density at radius 2 is 2.10 bits per heavy atom. The molecule has 2 heterocycles. The minimum atomic E-state index is -0.559. The van der Waals surface area contributed by atoms with Gasteiger partial charge in [-0.2, -0.15) is 0 Å². The van der Waals surface area contributed by atoms with Crippen LogP contribution in [0.3, 0.4) is 0 Å². The highest BCUT2D eigenvalue weighted by Crippen LogP contribution is 2.23. The molecule has 0 saturated heterocycles. The molecule has 0 radical (unpaired) electrons. The molecule has 0 fully saturated rings. The van der Waals surface area contributed by atoms with E-state index in [1.807, 2.05) is 24.6 Å². The molecule has 0 saturated carbocycles. The Morgan fingerprint density at radius 3 is 2.90 bits per heavy atom. The van der Waals surface area contributed by atoms with Gasteiger partial charge in [-0.1, -0.05) is 6.07 Å². The highest BCUT2D eigenvalue weighted by molar-refractivity contribution is 7.17. The van der Waals surface area contributed by atoms with E-state index in [-0.39, 0.29) is 6.04 Å². The van der Waals surface area contributed by atoms with Crippen LogP contribution in [0.5, 0.6) is 0 Å². The molecule has 3 rings (SSSR count). The fourth-order valence-electron chi connectivity index (χ4n) is 2.14. The molecule has 2 aromatic heterocycles. The maximum absolute atomic E-state index is 13.6. The molecule has 1 aromatic carbocycles. The van der Waals surface area contributed by atoms with Crippen LogP contribution in [0.1, 0.15) is 24.1 Å². The molecule has 0 aliphatic carbocycles. The first-order chi connectivity index (χ1) is 10.1. The van der Waals surface area contributed by atoms with Crippen molar-refractivity contribution in [3.63, 3.8) is 0 Å². The van der Waals surface area contributed by atoms with Crippen molar-refractivity contribution in [3.8, 4) is 0 Å². The Hall–Kier alpha value is -1.85. The van der Waals surface area contributed by atoms with E-state index < -0.39 is 11.6 Å². The highest BCUT2D eigenvalue weighted by atomic mass is 32.1. The van der Waals surface area contributed by atoms with Gasteiger partial charge in [0.05, 0.1) is 10.2 Å². The number of pyridine rings is 1. The zero-order valence-corrected chi connectivity index (χ0v) is 12.3. The number of halogens is 2. The van der Waals surface area contributed by atoms with E-state index >= 15 is 0 Å². The predicted molar refractivity (Wildman–Crippen MR) is 81.2 cm³/mol. The Bertz CT molecular complexity index is 770. The minimum absolute atomic E-state index is 0.0356. The molecule has 1 atom stereocenters. The SMILES string of the molecule is CC(NCc1ccc(F)cc1F)c1cnc2ccsc2c1. The molecular formula is C16H14F2N2S. The Labute approximate surface area is 125 Å². The van der Waals surface area contributed by atoms with Crippen molar-refractivity contribution in [2.75, 3.05) is 0 Å². The summed E-state index contributed by atoms with van der Waals surface area (Å²) in [6.07, 6.45) is 1.83. The van der Waals surface area contributed by atoms with E-state index in [0.717, 1.165) is 21.8 Å². The number of nitrogens with one attached hydrogen (secondary N) is 1. The molecule has 0 aliphatic rings. The van der Waals surface area contributed by atoms with Gasteiger partial charge in [-0.25, -0.2) is 8.78 Å². The van der Waals surface area contributed by atoms with Gasteiger partial charge in [-0.05, 0) is 36.1 Å². The molecule has 3 aromatic rings. The van der Waals surface area contributed by atoms with Gasteiger partial charge in [-0.15, -0.1) is 11.3 Å². The van der Waals surface area contributed by atoms with Gasteiger partial charge in [0.1, 0.15) is 11.6 Å². The molecule has 1 N–H and O–H groups in total. The number of rotatable bonds is 4. The second-order valence-corrected chi connectivity index (χ2v) is 5.86. The van der Waals surface area contributed by atoms with Crippen LogP contribution < -0.4 is 5.32 Å². The van der Waals surface area contributed by atoms with E-state index in [1.165, 1.54) is 12.1 Å². The molecule has 0 amide bonds. The van der Waals surface area contributed by atoms with Gasteiger partial charge in [0, 0.05) is 30.4 Å². The van der Waals surface area contributed by atoms with Gasteiger partial charge in [0.25, 0.3) is 0 Å². The number of hydrogen-bond acceptors (Lipinski definition) is 3. The molecule has 108 valence electrons. The molecule has 0 bridgehead atoms. The highest BCUT2D eigenvalue weighted by Gasteiger charge is 2.09. The van der Waals surface area contributed by atoms with Crippen LogP contribution in [0.4, 0.5) is 8.78 Å². The van der Waals surface area contributed by atoms with Crippen molar-refractivity contribution < 1.29 is 8.78 Å². The monoisotopic (exact) mass is 304 g/mol. The number of nitrogens with zero attached hydrogens (tertiary/aromatic N) is 1. The fourth-order valence-corrected chi connectivity index (χ4v) is 2.93. The molecule has 21 heavy (non-hydrogen) atoms. The van der Waals surface area contributed by atoms with E-state index in [2.05, 4.69) is 16.4 Å². The van der Waals surface area contributed by atoms with Gasteiger partial charge in [0.15, 0.2) is 0 Å². The first-order valence-corrected chi connectivity index (χ1v) is 7.52. The molecule has 0 aliphatic heterocycles. The summed E-state index contributed by atoms with van der Waals surface area (Å²) in [6.45, 7) is 2.34. The lowest BCUT2D eigenvalue weighted by Gasteiger charge is -2.14. The summed E-state index contributed by atoms with van der Waals surface area (Å²) in [6, 6.07) is 7.74. The number of aromatic nitrogens is 1. The smallest absolute Gasteiger partial charge is 0.130 e. The van der Waals surface area contributed by atoms with Crippen molar-refractivity contribution in [1.29, 1.82) is 0 Å². The third kappa shape index (κ3) is 3.09. The lowest BCUT2D eigenvalue weighted by Crippen LogP contribution is -2.19. The first kappa shape index (κ1) is 14.1. The quantitative estimate of drug-likeness (QED) is 0.771.